The van der Waals surface area contributed by atoms with Gasteiger partial charge in [-0.05, 0) is 47.9 Å². The molecule has 0 radical (unpaired) electrons. The Morgan fingerprint density at radius 1 is 1.06 bits per heavy atom. The highest BCUT2D eigenvalue weighted by Crippen LogP contribution is 2.34. The number of hydrogen-bond acceptors (Lipinski definition) is 8. The molecule has 0 aromatic heterocycles. The number of nitrogens with one attached hydrogen (secondary N) is 1. The summed E-state index contributed by atoms with van der Waals surface area (Å²) < 4.78 is 11.3. The third kappa shape index (κ3) is 6.65. The normalized spacial score (nSPS) is 26.2. The molecule has 0 bridgehead atoms. The molecule has 0 spiro atoms. The Balaban J connectivity index is 1.68. The minimum Gasteiger partial charge on any atom is -0.491 e. The first-order valence-electron chi connectivity index (χ1n) is 11.0. The molecule has 2 aromatic carbocycles. The number of aliphatic hydroxyl groups excluding tert-OH is 5. The van der Waals surface area contributed by atoms with Crippen LogP contribution in [-0.2, 0) is 11.2 Å². The summed E-state index contributed by atoms with van der Waals surface area (Å²) in [5.41, 5.74) is 2.35. The number of aliphatic hydroxyl groups is 5. The zero-order valence-corrected chi connectivity index (χ0v) is 19.2. The fraction of sp³-hybridized carbons (Fsp3) is 0.500. The van der Waals surface area contributed by atoms with E-state index in [1.165, 1.54) is 0 Å². The third-order valence-corrected chi connectivity index (χ3v) is 6.05. The minimum atomic E-state index is -1.44. The standard InChI is InChI=1S/C24H32ClNO7/c1-2-26-11-17(28)13-32-18-6-3-14(4-7-18)9-16-10-15(5-8-19(16)25)24-23(31)22(30)21(29)20(12-27)33-24/h3-8,10,17,20-24,26-31H,2,9,11-13H2,1H3/t17-,20-,21-,22+,23-,24+/m1/s1. The van der Waals surface area contributed by atoms with Crippen molar-refractivity contribution in [2.45, 2.75) is 50.0 Å². The average Bonchev–Trinajstić information content (AvgIpc) is 2.82. The van der Waals surface area contributed by atoms with Gasteiger partial charge in [0.2, 0.25) is 0 Å². The molecule has 6 atom stereocenters. The number of hydrogen-bond donors (Lipinski definition) is 6. The van der Waals surface area contributed by atoms with Crippen LogP contribution in [0.3, 0.4) is 0 Å². The van der Waals surface area contributed by atoms with Gasteiger partial charge in [0.25, 0.3) is 0 Å². The zero-order chi connectivity index (χ0) is 24.0. The quantitative estimate of drug-likeness (QED) is 0.294. The van der Waals surface area contributed by atoms with Gasteiger partial charge in [0.15, 0.2) is 0 Å². The van der Waals surface area contributed by atoms with E-state index in [9.17, 15) is 25.5 Å². The van der Waals surface area contributed by atoms with Crippen LogP contribution in [0.4, 0.5) is 0 Å². The van der Waals surface area contributed by atoms with E-state index < -0.39 is 43.2 Å². The maximum atomic E-state index is 10.4. The summed E-state index contributed by atoms with van der Waals surface area (Å²) in [5.74, 6) is 0.649. The van der Waals surface area contributed by atoms with E-state index in [0.717, 1.165) is 17.7 Å². The average molecular weight is 482 g/mol. The lowest BCUT2D eigenvalue weighted by Gasteiger charge is -2.40. The molecule has 8 nitrogen and oxygen atoms in total. The van der Waals surface area contributed by atoms with Gasteiger partial charge in [-0.1, -0.05) is 42.8 Å². The molecule has 182 valence electrons. The highest BCUT2D eigenvalue weighted by Gasteiger charge is 2.44. The van der Waals surface area contributed by atoms with Gasteiger partial charge in [-0.25, -0.2) is 0 Å². The lowest BCUT2D eigenvalue weighted by atomic mass is 9.90. The highest BCUT2D eigenvalue weighted by molar-refractivity contribution is 6.31. The van der Waals surface area contributed by atoms with Crippen LogP contribution < -0.4 is 10.1 Å². The van der Waals surface area contributed by atoms with Crippen LogP contribution in [0.15, 0.2) is 42.5 Å². The maximum absolute atomic E-state index is 10.4. The Labute approximate surface area is 198 Å². The van der Waals surface area contributed by atoms with Crippen molar-refractivity contribution in [2.24, 2.45) is 0 Å². The van der Waals surface area contributed by atoms with Crippen molar-refractivity contribution in [1.29, 1.82) is 0 Å². The van der Waals surface area contributed by atoms with E-state index in [0.29, 0.717) is 29.3 Å². The first-order chi connectivity index (χ1) is 15.8. The largest absolute Gasteiger partial charge is 0.491 e. The summed E-state index contributed by atoms with van der Waals surface area (Å²) in [6, 6.07) is 12.6. The number of halogens is 1. The molecular weight excluding hydrogens is 450 g/mol. The molecule has 1 saturated heterocycles. The molecule has 2 aromatic rings. The van der Waals surface area contributed by atoms with Gasteiger partial charge in [0, 0.05) is 11.6 Å². The zero-order valence-electron chi connectivity index (χ0n) is 18.5. The minimum absolute atomic E-state index is 0.194. The summed E-state index contributed by atoms with van der Waals surface area (Å²) in [7, 11) is 0. The van der Waals surface area contributed by atoms with Gasteiger partial charge >= 0.3 is 0 Å². The van der Waals surface area contributed by atoms with E-state index in [1.807, 2.05) is 31.2 Å². The number of rotatable bonds is 10. The molecule has 33 heavy (non-hydrogen) atoms. The molecule has 1 aliphatic rings. The van der Waals surface area contributed by atoms with Crippen LogP contribution in [0.2, 0.25) is 5.02 Å². The summed E-state index contributed by atoms with van der Waals surface area (Å²) in [6.07, 6.45) is -6.17. The van der Waals surface area contributed by atoms with Crippen molar-refractivity contribution in [3.8, 4) is 5.75 Å². The molecular formula is C24H32ClNO7. The molecule has 0 unspecified atom stereocenters. The van der Waals surface area contributed by atoms with E-state index >= 15 is 0 Å². The molecule has 6 N–H and O–H groups in total. The lowest BCUT2D eigenvalue weighted by molar-refractivity contribution is -0.231. The van der Waals surface area contributed by atoms with Gasteiger partial charge in [-0.15, -0.1) is 0 Å². The molecule has 3 rings (SSSR count). The van der Waals surface area contributed by atoms with Crippen LogP contribution in [0.5, 0.6) is 5.75 Å². The second-order valence-electron chi connectivity index (χ2n) is 8.19. The number of likely N-dealkylation sites (N-methyl/N-ethyl adjacent to an activating group) is 1. The summed E-state index contributed by atoms with van der Waals surface area (Å²) >= 11 is 6.40. The van der Waals surface area contributed by atoms with E-state index in [4.69, 9.17) is 21.1 Å². The monoisotopic (exact) mass is 481 g/mol. The summed E-state index contributed by atoms with van der Waals surface area (Å²) in [5, 5.41) is 53.4. The molecule has 0 aliphatic carbocycles. The van der Waals surface area contributed by atoms with Crippen molar-refractivity contribution >= 4 is 11.6 Å². The van der Waals surface area contributed by atoms with Crippen LogP contribution in [-0.4, -0.2) is 82.4 Å². The summed E-state index contributed by atoms with van der Waals surface area (Å²) in [6.45, 7) is 2.93. The number of benzene rings is 2. The van der Waals surface area contributed by atoms with E-state index in [2.05, 4.69) is 5.32 Å². The van der Waals surface area contributed by atoms with E-state index in [1.54, 1.807) is 18.2 Å². The molecule has 1 heterocycles. The topological polar surface area (TPSA) is 132 Å². The lowest BCUT2D eigenvalue weighted by Crippen LogP contribution is -2.55. The third-order valence-electron chi connectivity index (χ3n) is 5.68. The van der Waals surface area contributed by atoms with Crippen molar-refractivity contribution < 1.29 is 35.0 Å². The van der Waals surface area contributed by atoms with Crippen molar-refractivity contribution in [1.82, 2.24) is 5.32 Å². The van der Waals surface area contributed by atoms with Crippen molar-refractivity contribution in [2.75, 3.05) is 26.3 Å². The Hall–Kier alpha value is -1.75. The van der Waals surface area contributed by atoms with Crippen LogP contribution in [0, 0.1) is 0 Å². The van der Waals surface area contributed by atoms with Gasteiger partial charge < -0.3 is 40.3 Å². The predicted molar refractivity (Wildman–Crippen MR) is 123 cm³/mol. The van der Waals surface area contributed by atoms with Crippen LogP contribution in [0.1, 0.15) is 29.7 Å². The fourth-order valence-corrected chi connectivity index (χ4v) is 3.95. The van der Waals surface area contributed by atoms with Crippen molar-refractivity contribution in [3.05, 3.63) is 64.2 Å². The second-order valence-corrected chi connectivity index (χ2v) is 8.60. The first-order valence-corrected chi connectivity index (χ1v) is 11.4. The second kappa shape index (κ2) is 12.1. The Morgan fingerprint density at radius 3 is 2.45 bits per heavy atom. The van der Waals surface area contributed by atoms with Gasteiger partial charge in [0.05, 0.1) is 6.61 Å². The van der Waals surface area contributed by atoms with Gasteiger partial charge in [0.1, 0.15) is 49.0 Å². The molecule has 1 fully saturated rings. The molecule has 0 amide bonds. The SMILES string of the molecule is CCNC[C@@H](O)COc1ccc(Cc2cc([C@@H]3O[C@H](CO)[C@@H](O)[C@H](O)[C@H]3O)ccc2Cl)cc1. The van der Waals surface area contributed by atoms with Crippen LogP contribution in [0.25, 0.3) is 0 Å². The number of ether oxygens (including phenoxy) is 2. The summed E-state index contributed by atoms with van der Waals surface area (Å²) in [4.78, 5) is 0. The molecule has 0 saturated carbocycles. The molecule has 9 heteroatoms. The van der Waals surface area contributed by atoms with Gasteiger partial charge in [-0.3, -0.25) is 0 Å². The Kier molecular flexibility index (Phi) is 9.48. The predicted octanol–water partition coefficient (Wildman–Crippen LogP) is 0.795. The smallest absolute Gasteiger partial charge is 0.119 e. The molecule has 1 aliphatic heterocycles. The Morgan fingerprint density at radius 2 is 1.79 bits per heavy atom. The Bertz CT molecular complexity index is 880. The maximum Gasteiger partial charge on any atom is 0.119 e. The van der Waals surface area contributed by atoms with Crippen molar-refractivity contribution in [3.63, 3.8) is 0 Å². The highest BCUT2D eigenvalue weighted by atomic mass is 35.5. The van der Waals surface area contributed by atoms with E-state index in [-0.39, 0.29) is 6.61 Å². The first kappa shape index (κ1) is 25.9. The van der Waals surface area contributed by atoms with Gasteiger partial charge in [-0.2, -0.15) is 0 Å². The fourth-order valence-electron chi connectivity index (χ4n) is 3.77. The van der Waals surface area contributed by atoms with Crippen LogP contribution >= 0.6 is 11.6 Å².